The van der Waals surface area contributed by atoms with Crippen LogP contribution in [0.1, 0.15) is 24.0 Å². The summed E-state index contributed by atoms with van der Waals surface area (Å²) in [6.07, 6.45) is 4.05. The number of anilines is 2. The summed E-state index contributed by atoms with van der Waals surface area (Å²) >= 11 is 0. The summed E-state index contributed by atoms with van der Waals surface area (Å²) in [5, 5.41) is 0. The van der Waals surface area contributed by atoms with Crippen molar-refractivity contribution in [2.45, 2.75) is 26.2 Å². The summed E-state index contributed by atoms with van der Waals surface area (Å²) in [5.74, 6) is 0.957. The van der Waals surface area contributed by atoms with Gasteiger partial charge in [0.1, 0.15) is 0 Å². The van der Waals surface area contributed by atoms with Crippen LogP contribution in [0, 0.1) is 12.8 Å². The Kier molecular flexibility index (Phi) is 1.91. The SMILES string of the molecule is Cc1cc2c(cc1N)N(CC1CC1)CC2. The number of hydrogen-bond acceptors (Lipinski definition) is 2. The van der Waals surface area contributed by atoms with Gasteiger partial charge in [0.25, 0.3) is 0 Å². The average Bonchev–Trinajstić information content (AvgIpc) is 2.94. The van der Waals surface area contributed by atoms with E-state index in [1.54, 1.807) is 0 Å². The molecule has 0 saturated heterocycles. The van der Waals surface area contributed by atoms with Gasteiger partial charge in [-0.25, -0.2) is 0 Å². The van der Waals surface area contributed by atoms with E-state index < -0.39 is 0 Å². The highest BCUT2D eigenvalue weighted by molar-refractivity contribution is 5.67. The topological polar surface area (TPSA) is 29.3 Å². The number of rotatable bonds is 2. The Morgan fingerprint density at radius 3 is 2.93 bits per heavy atom. The summed E-state index contributed by atoms with van der Waals surface area (Å²) in [5.41, 5.74) is 11.0. The average molecular weight is 202 g/mol. The van der Waals surface area contributed by atoms with Crippen molar-refractivity contribution in [1.29, 1.82) is 0 Å². The number of nitrogens with two attached hydrogens (primary N) is 1. The zero-order valence-electron chi connectivity index (χ0n) is 9.29. The lowest BCUT2D eigenvalue weighted by molar-refractivity contribution is 0.747. The van der Waals surface area contributed by atoms with Gasteiger partial charge in [-0.2, -0.15) is 0 Å². The molecule has 0 radical (unpaired) electrons. The molecule has 2 nitrogen and oxygen atoms in total. The van der Waals surface area contributed by atoms with Crippen LogP contribution in [0.25, 0.3) is 0 Å². The Bertz CT molecular complexity index is 394. The van der Waals surface area contributed by atoms with Gasteiger partial charge in [0.05, 0.1) is 0 Å². The Balaban J connectivity index is 1.90. The van der Waals surface area contributed by atoms with Crippen molar-refractivity contribution >= 4 is 11.4 Å². The van der Waals surface area contributed by atoms with E-state index in [9.17, 15) is 0 Å². The van der Waals surface area contributed by atoms with Gasteiger partial charge in [0.15, 0.2) is 0 Å². The van der Waals surface area contributed by atoms with Gasteiger partial charge >= 0.3 is 0 Å². The standard InChI is InChI=1S/C13H18N2/c1-9-6-11-4-5-15(8-10-2-3-10)13(11)7-12(9)14/h6-7,10H,2-5,8,14H2,1H3. The summed E-state index contributed by atoms with van der Waals surface area (Å²) in [6, 6.07) is 4.43. The third-order valence-corrected chi connectivity index (χ3v) is 3.63. The zero-order valence-corrected chi connectivity index (χ0v) is 9.29. The fraction of sp³-hybridized carbons (Fsp3) is 0.538. The molecule has 1 saturated carbocycles. The molecule has 1 aliphatic carbocycles. The number of aryl methyl sites for hydroxylation is 1. The predicted octanol–water partition coefficient (Wildman–Crippen LogP) is 2.35. The van der Waals surface area contributed by atoms with E-state index in [2.05, 4.69) is 24.0 Å². The van der Waals surface area contributed by atoms with E-state index in [0.29, 0.717) is 0 Å². The summed E-state index contributed by atoms with van der Waals surface area (Å²) in [7, 11) is 0. The fourth-order valence-corrected chi connectivity index (χ4v) is 2.44. The maximum absolute atomic E-state index is 5.97. The molecule has 2 heteroatoms. The lowest BCUT2D eigenvalue weighted by Crippen LogP contribution is -2.23. The maximum Gasteiger partial charge on any atom is 0.0420 e. The summed E-state index contributed by atoms with van der Waals surface area (Å²) < 4.78 is 0. The largest absolute Gasteiger partial charge is 0.398 e. The van der Waals surface area contributed by atoms with Gasteiger partial charge in [-0.1, -0.05) is 6.07 Å². The van der Waals surface area contributed by atoms with Gasteiger partial charge in [-0.3, -0.25) is 0 Å². The summed E-state index contributed by atoms with van der Waals surface area (Å²) in [6.45, 7) is 4.53. The Morgan fingerprint density at radius 1 is 1.40 bits per heavy atom. The maximum atomic E-state index is 5.97. The molecule has 0 bridgehead atoms. The van der Waals surface area contributed by atoms with Gasteiger partial charge in [0.2, 0.25) is 0 Å². The minimum absolute atomic E-state index is 0.941. The van der Waals surface area contributed by atoms with E-state index in [1.165, 1.54) is 49.2 Å². The van der Waals surface area contributed by atoms with Crippen molar-refractivity contribution in [2.24, 2.45) is 5.92 Å². The first-order valence-electron chi connectivity index (χ1n) is 5.88. The van der Waals surface area contributed by atoms with Gasteiger partial charge in [0, 0.05) is 24.5 Å². The van der Waals surface area contributed by atoms with Gasteiger partial charge in [-0.15, -0.1) is 0 Å². The molecule has 0 atom stereocenters. The number of nitrogen functional groups attached to an aromatic ring is 1. The van der Waals surface area contributed by atoms with Gasteiger partial charge < -0.3 is 10.6 Å². The van der Waals surface area contributed by atoms with Crippen LogP contribution >= 0.6 is 0 Å². The highest BCUT2D eigenvalue weighted by atomic mass is 15.2. The van der Waals surface area contributed by atoms with E-state index in [1.807, 2.05) is 0 Å². The Morgan fingerprint density at radius 2 is 2.20 bits per heavy atom. The smallest absolute Gasteiger partial charge is 0.0420 e. The molecule has 15 heavy (non-hydrogen) atoms. The van der Waals surface area contributed by atoms with E-state index in [0.717, 1.165) is 11.6 Å². The predicted molar refractivity (Wildman–Crippen MR) is 64.2 cm³/mol. The lowest BCUT2D eigenvalue weighted by Gasteiger charge is -2.19. The van der Waals surface area contributed by atoms with Crippen molar-refractivity contribution in [1.82, 2.24) is 0 Å². The Labute approximate surface area is 91.1 Å². The second-order valence-electron chi connectivity index (χ2n) is 4.98. The molecule has 1 heterocycles. The van der Waals surface area contributed by atoms with Crippen molar-refractivity contribution in [3.8, 4) is 0 Å². The molecule has 0 unspecified atom stereocenters. The lowest BCUT2D eigenvalue weighted by atomic mass is 10.1. The first-order chi connectivity index (χ1) is 7.24. The molecule has 0 spiro atoms. The van der Waals surface area contributed by atoms with Crippen LogP contribution in [-0.4, -0.2) is 13.1 Å². The fourth-order valence-electron chi connectivity index (χ4n) is 2.44. The van der Waals surface area contributed by atoms with E-state index in [4.69, 9.17) is 5.73 Å². The molecule has 1 aliphatic heterocycles. The third-order valence-electron chi connectivity index (χ3n) is 3.63. The molecule has 3 rings (SSSR count). The minimum Gasteiger partial charge on any atom is -0.398 e. The van der Waals surface area contributed by atoms with Crippen molar-refractivity contribution in [2.75, 3.05) is 23.7 Å². The van der Waals surface area contributed by atoms with Crippen LogP contribution in [-0.2, 0) is 6.42 Å². The molecular formula is C13H18N2. The van der Waals surface area contributed by atoms with Crippen LogP contribution < -0.4 is 10.6 Å². The Hall–Kier alpha value is -1.18. The third kappa shape index (κ3) is 1.58. The molecule has 80 valence electrons. The van der Waals surface area contributed by atoms with Crippen LogP contribution in [0.3, 0.4) is 0 Å². The minimum atomic E-state index is 0.941. The van der Waals surface area contributed by atoms with Crippen molar-refractivity contribution in [3.63, 3.8) is 0 Å². The van der Waals surface area contributed by atoms with Crippen LogP contribution in [0.15, 0.2) is 12.1 Å². The number of benzene rings is 1. The van der Waals surface area contributed by atoms with E-state index >= 15 is 0 Å². The van der Waals surface area contributed by atoms with Crippen LogP contribution in [0.5, 0.6) is 0 Å². The molecular weight excluding hydrogens is 184 g/mol. The highest BCUT2D eigenvalue weighted by Gasteiger charge is 2.28. The quantitative estimate of drug-likeness (QED) is 0.746. The van der Waals surface area contributed by atoms with Crippen LogP contribution in [0.2, 0.25) is 0 Å². The zero-order chi connectivity index (χ0) is 10.4. The molecule has 1 aromatic rings. The van der Waals surface area contributed by atoms with Crippen LogP contribution in [0.4, 0.5) is 11.4 Å². The van der Waals surface area contributed by atoms with E-state index in [-0.39, 0.29) is 0 Å². The van der Waals surface area contributed by atoms with Crippen molar-refractivity contribution in [3.05, 3.63) is 23.3 Å². The molecule has 0 amide bonds. The molecule has 1 aromatic carbocycles. The second kappa shape index (κ2) is 3.16. The molecule has 2 aliphatic rings. The number of nitrogens with zero attached hydrogens (tertiary/aromatic N) is 1. The van der Waals surface area contributed by atoms with Crippen molar-refractivity contribution < 1.29 is 0 Å². The molecule has 1 fully saturated rings. The number of fused-ring (bicyclic) bond motifs is 1. The first-order valence-corrected chi connectivity index (χ1v) is 5.88. The molecule has 2 N–H and O–H groups in total. The molecule has 0 aromatic heterocycles. The second-order valence-corrected chi connectivity index (χ2v) is 4.98. The van der Waals surface area contributed by atoms with Gasteiger partial charge in [-0.05, 0) is 49.3 Å². The normalized spacial score (nSPS) is 19.4. The first kappa shape index (κ1) is 9.08. The summed E-state index contributed by atoms with van der Waals surface area (Å²) in [4.78, 5) is 2.52. The number of hydrogen-bond donors (Lipinski definition) is 1. The highest BCUT2D eigenvalue weighted by Crippen LogP contribution is 2.36. The monoisotopic (exact) mass is 202 g/mol.